The van der Waals surface area contributed by atoms with Gasteiger partial charge in [-0.2, -0.15) is 0 Å². The molecule has 1 aliphatic heterocycles. The van der Waals surface area contributed by atoms with Crippen molar-refractivity contribution in [3.8, 4) is 5.75 Å². The molecule has 3 rings (SSSR count). The van der Waals surface area contributed by atoms with Crippen molar-refractivity contribution in [3.05, 3.63) is 65.5 Å². The summed E-state index contributed by atoms with van der Waals surface area (Å²) in [5.74, 6) is -0.281. The molecule has 0 radical (unpaired) electrons. The van der Waals surface area contributed by atoms with Crippen LogP contribution in [0, 0.1) is 5.82 Å². The molecule has 1 amide bonds. The molecule has 0 saturated carbocycles. The molecule has 144 valence electrons. The van der Waals surface area contributed by atoms with Gasteiger partial charge in [-0.1, -0.05) is 24.3 Å². The number of sulfone groups is 1. The SMILES string of the molecule is CCOc1ccccc1C(=O)N(Cc1cccc(F)c1)[C@@H]1CCS(=O)(=O)C1. The Morgan fingerprint density at radius 3 is 2.67 bits per heavy atom. The first kappa shape index (κ1) is 19.4. The van der Waals surface area contributed by atoms with Crippen molar-refractivity contribution in [1.29, 1.82) is 0 Å². The van der Waals surface area contributed by atoms with Crippen LogP contribution in [-0.4, -0.2) is 43.4 Å². The van der Waals surface area contributed by atoms with E-state index in [-0.39, 0.29) is 24.0 Å². The lowest BCUT2D eigenvalue weighted by atomic mass is 10.1. The van der Waals surface area contributed by atoms with E-state index >= 15 is 0 Å². The van der Waals surface area contributed by atoms with Gasteiger partial charge in [-0.3, -0.25) is 4.79 Å². The number of carbonyl (C=O) groups excluding carboxylic acids is 1. The summed E-state index contributed by atoms with van der Waals surface area (Å²) < 4.78 is 43.1. The van der Waals surface area contributed by atoms with Crippen molar-refractivity contribution >= 4 is 15.7 Å². The lowest BCUT2D eigenvalue weighted by Crippen LogP contribution is -2.40. The van der Waals surface area contributed by atoms with Crippen LogP contribution < -0.4 is 4.74 Å². The quantitative estimate of drug-likeness (QED) is 0.759. The highest BCUT2D eigenvalue weighted by molar-refractivity contribution is 7.91. The second-order valence-corrected chi connectivity index (χ2v) is 8.78. The van der Waals surface area contributed by atoms with Gasteiger partial charge in [-0.15, -0.1) is 0 Å². The third-order valence-corrected chi connectivity index (χ3v) is 6.32. The zero-order valence-corrected chi connectivity index (χ0v) is 15.9. The average molecular weight is 391 g/mol. The molecule has 1 aliphatic rings. The number of benzene rings is 2. The van der Waals surface area contributed by atoms with E-state index in [9.17, 15) is 17.6 Å². The molecule has 2 aromatic rings. The molecular weight excluding hydrogens is 369 g/mol. The first-order valence-corrected chi connectivity index (χ1v) is 10.7. The maximum atomic E-state index is 13.6. The maximum Gasteiger partial charge on any atom is 0.258 e. The fourth-order valence-electron chi connectivity index (χ4n) is 3.30. The van der Waals surface area contributed by atoms with Crippen LogP contribution in [0.15, 0.2) is 48.5 Å². The van der Waals surface area contributed by atoms with E-state index in [0.717, 1.165) is 0 Å². The summed E-state index contributed by atoms with van der Waals surface area (Å²) >= 11 is 0. The number of nitrogens with zero attached hydrogens (tertiary/aromatic N) is 1. The van der Waals surface area contributed by atoms with Crippen LogP contribution in [0.2, 0.25) is 0 Å². The molecule has 1 atom stereocenters. The Morgan fingerprint density at radius 1 is 1.22 bits per heavy atom. The van der Waals surface area contributed by atoms with Gasteiger partial charge in [0.05, 0.1) is 23.7 Å². The zero-order chi connectivity index (χ0) is 19.4. The van der Waals surface area contributed by atoms with Crippen molar-refractivity contribution in [2.24, 2.45) is 0 Å². The number of hydrogen-bond donors (Lipinski definition) is 0. The highest BCUT2D eigenvalue weighted by Gasteiger charge is 2.35. The van der Waals surface area contributed by atoms with Gasteiger partial charge < -0.3 is 9.64 Å². The topological polar surface area (TPSA) is 63.7 Å². The van der Waals surface area contributed by atoms with Gasteiger partial charge >= 0.3 is 0 Å². The summed E-state index contributed by atoms with van der Waals surface area (Å²) in [7, 11) is -3.18. The number of hydrogen-bond acceptors (Lipinski definition) is 4. The minimum atomic E-state index is -3.18. The van der Waals surface area contributed by atoms with Crippen LogP contribution in [0.4, 0.5) is 4.39 Å². The standard InChI is InChI=1S/C20H22FNO4S/c1-2-26-19-9-4-3-8-18(19)20(23)22(17-10-11-27(24,25)14-17)13-15-6-5-7-16(21)12-15/h3-9,12,17H,2,10-11,13-14H2,1H3/t17-/m1/s1. The van der Waals surface area contributed by atoms with E-state index in [1.807, 2.05) is 6.92 Å². The van der Waals surface area contributed by atoms with Crippen molar-refractivity contribution in [2.45, 2.75) is 25.9 Å². The summed E-state index contributed by atoms with van der Waals surface area (Å²) in [6.07, 6.45) is 0.375. The Hall–Kier alpha value is -2.41. The van der Waals surface area contributed by atoms with E-state index in [1.54, 1.807) is 36.4 Å². The Balaban J connectivity index is 1.95. The number of amides is 1. The van der Waals surface area contributed by atoms with E-state index in [4.69, 9.17) is 4.74 Å². The predicted molar refractivity (Wildman–Crippen MR) is 101 cm³/mol. The molecule has 27 heavy (non-hydrogen) atoms. The molecule has 1 heterocycles. The van der Waals surface area contributed by atoms with Crippen molar-refractivity contribution in [3.63, 3.8) is 0 Å². The Bertz CT molecular complexity index is 929. The van der Waals surface area contributed by atoms with E-state index in [1.165, 1.54) is 17.0 Å². The van der Waals surface area contributed by atoms with Gasteiger partial charge in [0.2, 0.25) is 0 Å². The first-order chi connectivity index (χ1) is 12.9. The summed E-state index contributed by atoms with van der Waals surface area (Å²) in [6.45, 7) is 2.37. The van der Waals surface area contributed by atoms with Crippen molar-refractivity contribution in [2.75, 3.05) is 18.1 Å². The molecule has 0 aromatic heterocycles. The molecule has 0 aliphatic carbocycles. The largest absolute Gasteiger partial charge is 0.493 e. The molecule has 0 spiro atoms. The number of carbonyl (C=O) groups is 1. The van der Waals surface area contributed by atoms with Crippen molar-refractivity contribution in [1.82, 2.24) is 4.90 Å². The highest BCUT2D eigenvalue weighted by atomic mass is 32.2. The molecule has 5 nitrogen and oxygen atoms in total. The molecule has 7 heteroatoms. The second-order valence-electron chi connectivity index (χ2n) is 6.55. The van der Waals surface area contributed by atoms with Gasteiger partial charge in [-0.25, -0.2) is 12.8 Å². The summed E-state index contributed by atoms with van der Waals surface area (Å²) in [6, 6.07) is 12.4. The van der Waals surface area contributed by atoms with E-state index < -0.39 is 21.7 Å². The second kappa shape index (κ2) is 8.08. The fraction of sp³-hybridized carbons (Fsp3) is 0.350. The number of halogens is 1. The number of rotatable bonds is 6. The molecule has 0 unspecified atom stereocenters. The van der Waals surface area contributed by atoms with Crippen LogP contribution in [0.25, 0.3) is 0 Å². The maximum absolute atomic E-state index is 13.6. The normalized spacial score (nSPS) is 18.2. The summed E-state index contributed by atoms with van der Waals surface area (Å²) in [4.78, 5) is 14.8. The van der Waals surface area contributed by atoms with Crippen LogP contribution in [0.1, 0.15) is 29.3 Å². The Labute approximate surface area is 158 Å². The predicted octanol–water partition coefficient (Wildman–Crippen LogP) is 3.05. The average Bonchev–Trinajstić information content (AvgIpc) is 2.99. The molecular formula is C20H22FNO4S. The summed E-state index contributed by atoms with van der Waals surface area (Å²) in [5, 5.41) is 0. The van der Waals surface area contributed by atoms with Crippen LogP contribution in [0.5, 0.6) is 5.75 Å². The number of ether oxygens (including phenoxy) is 1. The van der Waals surface area contributed by atoms with Crippen molar-refractivity contribution < 1.29 is 22.3 Å². The number of para-hydroxylation sites is 1. The molecule has 0 bridgehead atoms. The fourth-order valence-corrected chi connectivity index (χ4v) is 5.03. The Kier molecular flexibility index (Phi) is 5.79. The smallest absolute Gasteiger partial charge is 0.258 e. The van der Waals surface area contributed by atoms with Crippen LogP contribution >= 0.6 is 0 Å². The van der Waals surface area contributed by atoms with E-state index in [2.05, 4.69) is 0 Å². The lowest BCUT2D eigenvalue weighted by molar-refractivity contribution is 0.0676. The van der Waals surface area contributed by atoms with Gasteiger partial charge in [-0.05, 0) is 43.2 Å². The third-order valence-electron chi connectivity index (χ3n) is 4.57. The monoisotopic (exact) mass is 391 g/mol. The first-order valence-electron chi connectivity index (χ1n) is 8.87. The lowest BCUT2D eigenvalue weighted by Gasteiger charge is -2.29. The van der Waals surface area contributed by atoms with E-state index in [0.29, 0.717) is 29.9 Å². The molecule has 1 saturated heterocycles. The Morgan fingerprint density at radius 2 is 2.00 bits per heavy atom. The van der Waals surface area contributed by atoms with Crippen LogP contribution in [-0.2, 0) is 16.4 Å². The highest BCUT2D eigenvalue weighted by Crippen LogP contribution is 2.26. The van der Waals surface area contributed by atoms with Gasteiger partial charge in [0.15, 0.2) is 9.84 Å². The molecule has 1 fully saturated rings. The zero-order valence-electron chi connectivity index (χ0n) is 15.1. The third kappa shape index (κ3) is 4.66. The minimum Gasteiger partial charge on any atom is -0.493 e. The van der Waals surface area contributed by atoms with Crippen LogP contribution in [0.3, 0.4) is 0 Å². The molecule has 2 aromatic carbocycles. The van der Waals surface area contributed by atoms with Gasteiger partial charge in [0.25, 0.3) is 5.91 Å². The van der Waals surface area contributed by atoms with Gasteiger partial charge in [0.1, 0.15) is 11.6 Å². The minimum absolute atomic E-state index is 0.0533. The molecule has 0 N–H and O–H groups in total. The summed E-state index contributed by atoms with van der Waals surface area (Å²) in [5.41, 5.74) is 0.988. The van der Waals surface area contributed by atoms with Gasteiger partial charge in [0, 0.05) is 12.6 Å².